The van der Waals surface area contributed by atoms with Crippen molar-refractivity contribution in [3.8, 4) is 0 Å². The van der Waals surface area contributed by atoms with Crippen LogP contribution in [0.15, 0.2) is 22.0 Å². The Morgan fingerprint density at radius 3 is 2.62 bits per heavy atom. The Morgan fingerprint density at radius 1 is 1.43 bits per heavy atom. The van der Waals surface area contributed by atoms with E-state index in [4.69, 9.17) is 0 Å². The molecule has 0 radical (unpaired) electrons. The second-order valence-corrected chi connectivity index (χ2v) is 6.75. The van der Waals surface area contributed by atoms with E-state index in [0.717, 1.165) is 0 Å². The van der Waals surface area contributed by atoms with E-state index < -0.39 is 17.2 Å². The SMILES string of the molecule is CC(C)c1cc2c(cc1F)c(=O)c(C(=O)O)c1n2C(C)S1. The van der Waals surface area contributed by atoms with Crippen molar-refractivity contribution < 1.29 is 14.3 Å². The van der Waals surface area contributed by atoms with Gasteiger partial charge in [0.05, 0.1) is 15.9 Å². The van der Waals surface area contributed by atoms with Gasteiger partial charge in [0.15, 0.2) is 0 Å². The molecule has 21 heavy (non-hydrogen) atoms. The molecule has 1 aliphatic rings. The molecule has 1 N–H and O–H groups in total. The number of benzene rings is 1. The number of nitrogens with zero attached hydrogens (tertiary/aromatic N) is 1. The molecule has 1 unspecified atom stereocenters. The first-order chi connectivity index (χ1) is 9.82. The highest BCUT2D eigenvalue weighted by molar-refractivity contribution is 8.00. The number of carboxylic acid groups (broad SMARTS) is 1. The van der Waals surface area contributed by atoms with Gasteiger partial charge in [-0.05, 0) is 30.5 Å². The normalized spacial score (nSPS) is 16.9. The highest BCUT2D eigenvalue weighted by Crippen LogP contribution is 2.46. The van der Waals surface area contributed by atoms with E-state index in [1.54, 1.807) is 10.6 Å². The van der Waals surface area contributed by atoms with Crippen LogP contribution in [0.4, 0.5) is 4.39 Å². The largest absolute Gasteiger partial charge is 0.477 e. The zero-order valence-corrected chi connectivity index (χ0v) is 12.6. The summed E-state index contributed by atoms with van der Waals surface area (Å²) in [6.45, 7) is 5.68. The number of rotatable bonds is 2. The van der Waals surface area contributed by atoms with Gasteiger partial charge in [-0.15, -0.1) is 0 Å². The third-order valence-corrected chi connectivity index (χ3v) is 4.94. The summed E-state index contributed by atoms with van der Waals surface area (Å²) in [5.41, 5.74) is 0.264. The predicted molar refractivity (Wildman–Crippen MR) is 79.8 cm³/mol. The van der Waals surface area contributed by atoms with E-state index in [1.165, 1.54) is 17.8 Å². The molecular formula is C15H14FNO3S. The van der Waals surface area contributed by atoms with Crippen LogP contribution in [0.3, 0.4) is 0 Å². The minimum Gasteiger partial charge on any atom is -0.477 e. The standard InChI is InChI=1S/C15H14FNO3S/c1-6(2)8-5-11-9(4-10(8)16)13(18)12(15(19)20)14-17(11)7(3)21-14/h4-7H,1-3H3,(H,19,20). The zero-order chi connectivity index (χ0) is 15.5. The van der Waals surface area contributed by atoms with Crippen LogP contribution in [0, 0.1) is 5.82 Å². The van der Waals surface area contributed by atoms with Crippen LogP contribution >= 0.6 is 11.8 Å². The minimum absolute atomic E-state index is 0.0112. The van der Waals surface area contributed by atoms with Crippen LogP contribution in [0.1, 0.15) is 48.0 Å². The molecule has 1 atom stereocenters. The molecule has 110 valence electrons. The molecule has 0 amide bonds. The molecule has 1 aromatic heterocycles. The molecule has 0 fully saturated rings. The van der Waals surface area contributed by atoms with Gasteiger partial charge >= 0.3 is 5.97 Å². The number of hydrogen-bond acceptors (Lipinski definition) is 3. The van der Waals surface area contributed by atoms with Crippen molar-refractivity contribution in [3.63, 3.8) is 0 Å². The van der Waals surface area contributed by atoms with Crippen molar-refractivity contribution in [3.05, 3.63) is 39.3 Å². The summed E-state index contributed by atoms with van der Waals surface area (Å²) in [5, 5.41) is 9.86. The Hall–Kier alpha value is -1.82. The Bertz CT molecular complexity index is 841. The summed E-state index contributed by atoms with van der Waals surface area (Å²) in [5.74, 6) is -1.74. The van der Waals surface area contributed by atoms with Gasteiger partial charge in [0.2, 0.25) is 5.43 Å². The Balaban J connectivity index is 2.48. The highest BCUT2D eigenvalue weighted by Gasteiger charge is 2.33. The Morgan fingerprint density at radius 2 is 2.10 bits per heavy atom. The smallest absolute Gasteiger partial charge is 0.342 e. The second kappa shape index (κ2) is 4.59. The fourth-order valence-electron chi connectivity index (χ4n) is 2.69. The molecular weight excluding hydrogens is 293 g/mol. The Kier molecular flexibility index (Phi) is 3.09. The molecule has 0 aliphatic carbocycles. The van der Waals surface area contributed by atoms with Crippen LogP contribution in [-0.2, 0) is 0 Å². The average molecular weight is 307 g/mol. The van der Waals surface area contributed by atoms with Crippen molar-refractivity contribution in [2.24, 2.45) is 0 Å². The lowest BCUT2D eigenvalue weighted by atomic mass is 9.99. The van der Waals surface area contributed by atoms with Gasteiger partial charge in [-0.3, -0.25) is 4.79 Å². The molecule has 1 aromatic carbocycles. The fourth-order valence-corrected chi connectivity index (χ4v) is 3.85. The maximum Gasteiger partial charge on any atom is 0.342 e. The predicted octanol–water partition coefficient (Wildman–Crippen LogP) is 3.59. The van der Waals surface area contributed by atoms with Crippen LogP contribution in [0.25, 0.3) is 10.9 Å². The first-order valence-electron chi connectivity index (χ1n) is 6.64. The van der Waals surface area contributed by atoms with E-state index in [9.17, 15) is 19.1 Å². The summed E-state index contributed by atoms with van der Waals surface area (Å²) < 4.78 is 15.9. The minimum atomic E-state index is -1.27. The summed E-state index contributed by atoms with van der Waals surface area (Å²) in [6.07, 6.45) is 0. The van der Waals surface area contributed by atoms with Gasteiger partial charge in [0.25, 0.3) is 0 Å². The molecule has 0 bridgehead atoms. The monoisotopic (exact) mass is 307 g/mol. The van der Waals surface area contributed by atoms with Gasteiger partial charge in [-0.25, -0.2) is 9.18 Å². The molecule has 3 rings (SSSR count). The lowest BCUT2D eigenvalue weighted by Gasteiger charge is -2.32. The first-order valence-corrected chi connectivity index (χ1v) is 7.52. The quantitative estimate of drug-likeness (QED) is 0.921. The van der Waals surface area contributed by atoms with E-state index in [-0.39, 0.29) is 22.2 Å². The maximum absolute atomic E-state index is 14.1. The van der Waals surface area contributed by atoms with Crippen molar-refractivity contribution in [2.45, 2.75) is 37.1 Å². The summed E-state index contributed by atoms with van der Waals surface area (Å²) >= 11 is 1.34. The van der Waals surface area contributed by atoms with Crippen molar-refractivity contribution in [1.29, 1.82) is 0 Å². The summed E-state index contributed by atoms with van der Waals surface area (Å²) in [7, 11) is 0. The number of hydrogen-bond donors (Lipinski definition) is 1. The number of halogens is 1. The topological polar surface area (TPSA) is 59.3 Å². The van der Waals surface area contributed by atoms with E-state index in [1.807, 2.05) is 20.8 Å². The van der Waals surface area contributed by atoms with E-state index >= 15 is 0 Å². The van der Waals surface area contributed by atoms with Crippen molar-refractivity contribution >= 4 is 28.6 Å². The van der Waals surface area contributed by atoms with Crippen LogP contribution in [0.5, 0.6) is 0 Å². The third-order valence-electron chi connectivity index (χ3n) is 3.76. The van der Waals surface area contributed by atoms with Crippen molar-refractivity contribution in [1.82, 2.24) is 4.57 Å². The van der Waals surface area contributed by atoms with Crippen LogP contribution < -0.4 is 5.43 Å². The second-order valence-electron chi connectivity index (χ2n) is 5.45. The Labute approximate surface area is 124 Å². The molecule has 0 saturated heterocycles. The number of thioether (sulfide) groups is 1. The number of aromatic nitrogens is 1. The molecule has 2 aromatic rings. The fraction of sp³-hybridized carbons (Fsp3) is 0.333. The number of aromatic carboxylic acids is 1. The van der Waals surface area contributed by atoms with Crippen LogP contribution in [0.2, 0.25) is 0 Å². The summed E-state index contributed by atoms with van der Waals surface area (Å²) in [6, 6.07) is 2.84. The van der Waals surface area contributed by atoms with Crippen LogP contribution in [-0.4, -0.2) is 15.6 Å². The average Bonchev–Trinajstić information content (AvgIpc) is 2.37. The maximum atomic E-state index is 14.1. The number of carbonyl (C=O) groups is 1. The molecule has 1 aliphatic heterocycles. The first kappa shape index (κ1) is 14.1. The molecule has 6 heteroatoms. The van der Waals surface area contributed by atoms with Crippen molar-refractivity contribution in [2.75, 3.05) is 0 Å². The van der Waals surface area contributed by atoms with Gasteiger partial charge in [0.1, 0.15) is 11.4 Å². The number of pyridine rings is 1. The van der Waals surface area contributed by atoms with Gasteiger partial charge in [-0.1, -0.05) is 25.6 Å². The van der Waals surface area contributed by atoms with Gasteiger partial charge < -0.3 is 9.67 Å². The highest BCUT2D eigenvalue weighted by atomic mass is 32.2. The molecule has 0 saturated carbocycles. The molecule has 0 spiro atoms. The lowest BCUT2D eigenvalue weighted by molar-refractivity contribution is 0.0689. The molecule has 2 heterocycles. The molecule has 4 nitrogen and oxygen atoms in total. The van der Waals surface area contributed by atoms with E-state index in [2.05, 4.69) is 0 Å². The number of fused-ring (bicyclic) bond motifs is 3. The number of carboxylic acids is 1. The lowest BCUT2D eigenvalue weighted by Crippen LogP contribution is -2.28. The van der Waals surface area contributed by atoms with Gasteiger partial charge in [-0.2, -0.15) is 0 Å². The summed E-state index contributed by atoms with van der Waals surface area (Å²) in [4.78, 5) is 23.7. The van der Waals surface area contributed by atoms with E-state index in [0.29, 0.717) is 16.1 Å². The third kappa shape index (κ3) is 1.89. The van der Waals surface area contributed by atoms with Gasteiger partial charge in [0, 0.05) is 5.39 Å². The zero-order valence-electron chi connectivity index (χ0n) is 11.8.